The van der Waals surface area contributed by atoms with Crippen molar-refractivity contribution in [1.82, 2.24) is 9.88 Å². The van der Waals surface area contributed by atoms with Crippen LogP contribution >= 0.6 is 11.3 Å². The van der Waals surface area contributed by atoms with E-state index >= 15 is 0 Å². The lowest BCUT2D eigenvalue weighted by molar-refractivity contribution is 0.0996. The monoisotopic (exact) mass is 364 g/mol. The van der Waals surface area contributed by atoms with Gasteiger partial charge in [-0.15, -0.1) is 11.3 Å². The topological polar surface area (TPSA) is 82.7 Å². The second-order valence-corrected chi connectivity index (χ2v) is 6.89. The van der Waals surface area contributed by atoms with Crippen LogP contribution in [0.1, 0.15) is 22.5 Å². The number of hydrogen-bond acceptors (Lipinski definition) is 6. The number of piperazine rings is 1. The minimum absolute atomic E-state index is 0.0662. The zero-order valence-electron chi connectivity index (χ0n) is 13.8. The van der Waals surface area contributed by atoms with Crippen LogP contribution in [0.3, 0.4) is 0 Å². The molecule has 1 aromatic heterocycles. The van der Waals surface area contributed by atoms with Gasteiger partial charge in [0.05, 0.1) is 0 Å². The number of thiazole rings is 1. The highest BCUT2D eigenvalue weighted by Gasteiger charge is 2.28. The molecule has 3 N–H and O–H groups in total. The maximum Gasteiger partial charge on any atom is 0.268 e. The molecule has 2 aromatic rings. The molecule has 2 heterocycles. The lowest BCUT2D eigenvalue weighted by Crippen LogP contribution is -2.53. The molecule has 1 saturated heterocycles. The van der Waals surface area contributed by atoms with E-state index in [-0.39, 0.29) is 24.2 Å². The zero-order chi connectivity index (χ0) is 17.8. The second kappa shape index (κ2) is 7.90. The number of amides is 1. The van der Waals surface area contributed by atoms with Crippen molar-refractivity contribution < 1.29 is 14.3 Å². The molecule has 1 fully saturated rings. The van der Waals surface area contributed by atoms with E-state index in [1.807, 2.05) is 6.07 Å². The van der Waals surface area contributed by atoms with Gasteiger partial charge in [-0.1, -0.05) is 18.2 Å². The molecule has 0 spiro atoms. The molecule has 1 aromatic carbocycles. The second-order valence-electron chi connectivity index (χ2n) is 6.05. The summed E-state index contributed by atoms with van der Waals surface area (Å²) in [6.07, 6.45) is 0.596. The fourth-order valence-electron chi connectivity index (χ4n) is 3.07. The molecule has 0 saturated carbocycles. The number of aliphatic hydroxyl groups excluding tert-OH is 1. The number of carbonyl (C=O) groups is 1. The first-order chi connectivity index (χ1) is 12.1. The Morgan fingerprint density at radius 2 is 2.20 bits per heavy atom. The van der Waals surface area contributed by atoms with Gasteiger partial charge in [0.2, 0.25) is 0 Å². The molecular formula is C17H21FN4O2S. The summed E-state index contributed by atoms with van der Waals surface area (Å²) in [6, 6.07) is 6.85. The van der Waals surface area contributed by atoms with Crippen molar-refractivity contribution in [1.29, 1.82) is 0 Å². The number of rotatable bonds is 6. The summed E-state index contributed by atoms with van der Waals surface area (Å²) in [4.78, 5) is 19.8. The average molecular weight is 364 g/mol. The molecule has 0 radical (unpaired) electrons. The van der Waals surface area contributed by atoms with Crippen LogP contribution in [0.15, 0.2) is 29.6 Å². The van der Waals surface area contributed by atoms with E-state index < -0.39 is 5.91 Å². The molecule has 1 unspecified atom stereocenters. The molecule has 25 heavy (non-hydrogen) atoms. The van der Waals surface area contributed by atoms with E-state index in [0.29, 0.717) is 25.1 Å². The van der Waals surface area contributed by atoms with E-state index in [9.17, 15) is 14.3 Å². The molecule has 134 valence electrons. The number of aliphatic hydroxyl groups is 1. The number of aromatic nitrogens is 1. The maximum atomic E-state index is 13.9. The van der Waals surface area contributed by atoms with Crippen molar-refractivity contribution in [2.24, 2.45) is 5.73 Å². The number of benzene rings is 1. The SMILES string of the molecule is NC(=O)c1csc(N2CCN(Cc3ccccc3F)C(CCO)C2)n1. The Labute approximate surface area is 149 Å². The summed E-state index contributed by atoms with van der Waals surface area (Å²) in [7, 11) is 0. The number of nitrogens with two attached hydrogens (primary N) is 1. The van der Waals surface area contributed by atoms with Gasteiger partial charge in [-0.2, -0.15) is 0 Å². The van der Waals surface area contributed by atoms with Crippen LogP contribution in [-0.2, 0) is 6.54 Å². The standard InChI is InChI=1S/C17H21FN4O2S/c18-14-4-2-1-3-12(14)9-21-6-7-22(10-13(21)5-8-23)17-20-15(11-25-17)16(19)24/h1-4,11,13,23H,5-10H2,(H2,19,24). The van der Waals surface area contributed by atoms with Crippen molar-refractivity contribution in [3.63, 3.8) is 0 Å². The van der Waals surface area contributed by atoms with Gasteiger partial charge in [0.1, 0.15) is 11.5 Å². The molecular weight excluding hydrogens is 343 g/mol. The molecule has 3 rings (SSSR count). The van der Waals surface area contributed by atoms with Crippen molar-refractivity contribution in [2.75, 3.05) is 31.1 Å². The number of carbonyl (C=O) groups excluding carboxylic acids is 1. The number of nitrogens with zero attached hydrogens (tertiary/aromatic N) is 3. The van der Waals surface area contributed by atoms with Crippen LogP contribution in [0.25, 0.3) is 0 Å². The highest BCUT2D eigenvalue weighted by molar-refractivity contribution is 7.13. The molecule has 0 bridgehead atoms. The number of hydrogen-bond donors (Lipinski definition) is 2. The fourth-order valence-corrected chi connectivity index (χ4v) is 3.92. The minimum atomic E-state index is -0.535. The first-order valence-corrected chi connectivity index (χ1v) is 9.05. The quantitative estimate of drug-likeness (QED) is 0.811. The summed E-state index contributed by atoms with van der Waals surface area (Å²) >= 11 is 1.39. The minimum Gasteiger partial charge on any atom is -0.396 e. The summed E-state index contributed by atoms with van der Waals surface area (Å²) in [6.45, 7) is 2.69. The van der Waals surface area contributed by atoms with E-state index in [0.717, 1.165) is 18.2 Å². The van der Waals surface area contributed by atoms with E-state index in [2.05, 4.69) is 14.8 Å². The third kappa shape index (κ3) is 4.15. The smallest absolute Gasteiger partial charge is 0.268 e. The largest absolute Gasteiger partial charge is 0.396 e. The van der Waals surface area contributed by atoms with Crippen LogP contribution < -0.4 is 10.6 Å². The third-order valence-corrected chi connectivity index (χ3v) is 5.31. The molecule has 6 nitrogen and oxygen atoms in total. The Bertz CT molecular complexity index is 739. The Kier molecular flexibility index (Phi) is 5.62. The van der Waals surface area contributed by atoms with Crippen molar-refractivity contribution in [2.45, 2.75) is 19.0 Å². The Balaban J connectivity index is 1.71. The highest BCUT2D eigenvalue weighted by atomic mass is 32.1. The van der Waals surface area contributed by atoms with Crippen LogP contribution in [0.2, 0.25) is 0 Å². The Morgan fingerprint density at radius 3 is 2.88 bits per heavy atom. The van der Waals surface area contributed by atoms with Crippen LogP contribution in [-0.4, -0.2) is 53.2 Å². The first kappa shape index (κ1) is 17.8. The van der Waals surface area contributed by atoms with Crippen LogP contribution in [0.5, 0.6) is 0 Å². The van der Waals surface area contributed by atoms with E-state index in [4.69, 9.17) is 5.73 Å². The first-order valence-electron chi connectivity index (χ1n) is 8.17. The molecule has 1 aliphatic heterocycles. The number of primary amides is 1. The van der Waals surface area contributed by atoms with Crippen LogP contribution in [0, 0.1) is 5.82 Å². The van der Waals surface area contributed by atoms with Gasteiger partial charge < -0.3 is 15.7 Å². The Hall–Kier alpha value is -2.03. The highest BCUT2D eigenvalue weighted by Crippen LogP contribution is 2.25. The number of halogens is 1. The molecule has 1 aliphatic rings. The maximum absolute atomic E-state index is 13.9. The molecule has 0 aliphatic carbocycles. The molecule has 1 amide bonds. The lowest BCUT2D eigenvalue weighted by Gasteiger charge is -2.41. The third-order valence-electron chi connectivity index (χ3n) is 4.41. The normalized spacial score (nSPS) is 18.5. The number of anilines is 1. The summed E-state index contributed by atoms with van der Waals surface area (Å²) in [5, 5.41) is 11.8. The molecule has 8 heteroatoms. The summed E-state index contributed by atoms with van der Waals surface area (Å²) < 4.78 is 13.9. The van der Waals surface area contributed by atoms with E-state index in [1.54, 1.807) is 17.5 Å². The van der Waals surface area contributed by atoms with Gasteiger partial charge in [-0.25, -0.2) is 9.37 Å². The van der Waals surface area contributed by atoms with Crippen molar-refractivity contribution >= 4 is 22.4 Å². The van der Waals surface area contributed by atoms with Gasteiger partial charge in [-0.05, 0) is 12.5 Å². The zero-order valence-corrected chi connectivity index (χ0v) is 14.6. The summed E-state index contributed by atoms with van der Waals surface area (Å²) in [5.41, 5.74) is 6.19. The predicted octanol–water partition coefficient (Wildman–Crippen LogP) is 1.45. The average Bonchev–Trinajstić information content (AvgIpc) is 3.09. The molecule has 1 atom stereocenters. The van der Waals surface area contributed by atoms with Gasteiger partial charge in [0.15, 0.2) is 5.13 Å². The lowest BCUT2D eigenvalue weighted by atomic mass is 10.1. The van der Waals surface area contributed by atoms with Crippen molar-refractivity contribution in [3.05, 3.63) is 46.7 Å². The van der Waals surface area contributed by atoms with Gasteiger partial charge in [0, 0.05) is 49.8 Å². The fraction of sp³-hybridized carbons (Fsp3) is 0.412. The summed E-state index contributed by atoms with van der Waals surface area (Å²) in [5.74, 6) is -0.744. The van der Waals surface area contributed by atoms with E-state index in [1.165, 1.54) is 17.4 Å². The van der Waals surface area contributed by atoms with Crippen molar-refractivity contribution in [3.8, 4) is 0 Å². The Morgan fingerprint density at radius 1 is 1.40 bits per heavy atom. The van der Waals surface area contributed by atoms with Gasteiger partial charge >= 0.3 is 0 Å². The van der Waals surface area contributed by atoms with Gasteiger partial charge in [-0.3, -0.25) is 9.69 Å². The van der Waals surface area contributed by atoms with Gasteiger partial charge in [0.25, 0.3) is 5.91 Å². The van der Waals surface area contributed by atoms with Crippen LogP contribution in [0.4, 0.5) is 9.52 Å². The predicted molar refractivity (Wildman–Crippen MR) is 95.1 cm³/mol.